The average molecular weight is 529 g/mol. The summed E-state index contributed by atoms with van der Waals surface area (Å²) in [6.07, 6.45) is 5.49. The smallest absolute Gasteiger partial charge is 0.319 e. The van der Waals surface area contributed by atoms with Crippen molar-refractivity contribution in [2.45, 2.75) is 32.5 Å². The van der Waals surface area contributed by atoms with Crippen molar-refractivity contribution in [1.29, 1.82) is 0 Å². The fraction of sp³-hybridized carbons (Fsp3) is 0.226. The highest BCUT2D eigenvalue weighted by atomic mass is 19.1. The number of pyridine rings is 1. The summed E-state index contributed by atoms with van der Waals surface area (Å²) < 4.78 is 36.1. The maximum atomic E-state index is 15.6. The molecular weight excluding hydrogens is 498 g/mol. The van der Waals surface area contributed by atoms with Crippen LogP contribution in [0.3, 0.4) is 0 Å². The molecule has 2 amide bonds. The van der Waals surface area contributed by atoms with E-state index in [1.165, 1.54) is 12.1 Å². The van der Waals surface area contributed by atoms with E-state index in [1.807, 2.05) is 36.4 Å². The zero-order valence-corrected chi connectivity index (χ0v) is 21.5. The van der Waals surface area contributed by atoms with E-state index in [0.29, 0.717) is 29.1 Å². The molecular formula is C31H30F2N4O2. The summed E-state index contributed by atoms with van der Waals surface area (Å²) in [6, 6.07) is 20.6. The summed E-state index contributed by atoms with van der Waals surface area (Å²) in [6.45, 7) is 2.56. The number of halogens is 2. The predicted octanol–water partition coefficient (Wildman–Crippen LogP) is 6.52. The number of nitrogens with zero attached hydrogens (tertiary/aromatic N) is 2. The van der Waals surface area contributed by atoms with Gasteiger partial charge in [-0.25, -0.2) is 13.6 Å². The molecule has 0 unspecified atom stereocenters. The number of amides is 2. The van der Waals surface area contributed by atoms with Gasteiger partial charge in [0.15, 0.2) is 0 Å². The standard InChI is InChI=1S/C31H30F2N4O2/c32-29-14-13-27(30(33)28(29)20-37-16-3-4-17-37)26-8-2-1-7-23(26)21-39-25-11-9-24(10-12-25)36-31(38)35-19-22-6-5-15-34-18-22/h1-2,5-15,18H,3-4,16-17,19-21H2,(H2,35,36,38). The van der Waals surface area contributed by atoms with Gasteiger partial charge < -0.3 is 15.4 Å². The number of benzene rings is 3. The minimum Gasteiger partial charge on any atom is -0.489 e. The fourth-order valence-corrected chi connectivity index (χ4v) is 4.68. The summed E-state index contributed by atoms with van der Waals surface area (Å²) in [5.74, 6) is -0.441. The second kappa shape index (κ2) is 12.5. The summed E-state index contributed by atoms with van der Waals surface area (Å²) in [5.41, 5.74) is 3.44. The largest absolute Gasteiger partial charge is 0.489 e. The molecule has 1 aliphatic heterocycles. The molecule has 200 valence electrons. The lowest BCUT2D eigenvalue weighted by molar-refractivity contribution is 0.251. The Kier molecular flexibility index (Phi) is 8.43. The normalized spacial score (nSPS) is 13.3. The van der Waals surface area contributed by atoms with Gasteiger partial charge in [-0.15, -0.1) is 0 Å². The molecule has 0 spiro atoms. The molecule has 2 N–H and O–H groups in total. The number of carbonyl (C=O) groups is 1. The molecule has 1 saturated heterocycles. The van der Waals surface area contributed by atoms with Crippen molar-refractivity contribution in [3.8, 4) is 16.9 Å². The molecule has 2 heterocycles. The maximum absolute atomic E-state index is 15.6. The van der Waals surface area contributed by atoms with E-state index >= 15 is 4.39 Å². The van der Waals surface area contributed by atoms with Crippen LogP contribution in [0, 0.1) is 11.6 Å². The molecule has 0 atom stereocenters. The van der Waals surface area contributed by atoms with Crippen LogP contribution in [0.5, 0.6) is 5.75 Å². The number of urea groups is 1. The summed E-state index contributed by atoms with van der Waals surface area (Å²) in [4.78, 5) is 18.3. The summed E-state index contributed by atoms with van der Waals surface area (Å²) >= 11 is 0. The molecule has 5 rings (SSSR count). The van der Waals surface area contributed by atoms with Gasteiger partial charge in [0.25, 0.3) is 0 Å². The van der Waals surface area contributed by atoms with Crippen molar-refractivity contribution < 1.29 is 18.3 Å². The van der Waals surface area contributed by atoms with Crippen molar-refractivity contribution in [2.75, 3.05) is 18.4 Å². The van der Waals surface area contributed by atoms with E-state index in [2.05, 4.69) is 20.5 Å². The van der Waals surface area contributed by atoms with Crippen LogP contribution in [0.15, 0.2) is 85.2 Å². The lowest BCUT2D eigenvalue weighted by Crippen LogP contribution is -2.28. The van der Waals surface area contributed by atoms with Gasteiger partial charge in [0.1, 0.15) is 24.0 Å². The summed E-state index contributed by atoms with van der Waals surface area (Å²) in [7, 11) is 0. The second-order valence-corrected chi connectivity index (χ2v) is 9.51. The van der Waals surface area contributed by atoms with Crippen molar-refractivity contribution in [1.82, 2.24) is 15.2 Å². The van der Waals surface area contributed by atoms with E-state index in [-0.39, 0.29) is 24.7 Å². The Bertz CT molecular complexity index is 1410. The van der Waals surface area contributed by atoms with Crippen LogP contribution < -0.4 is 15.4 Å². The van der Waals surface area contributed by atoms with Crippen molar-refractivity contribution >= 4 is 11.7 Å². The third-order valence-electron chi connectivity index (χ3n) is 6.76. The van der Waals surface area contributed by atoms with Gasteiger partial charge in [-0.1, -0.05) is 30.3 Å². The van der Waals surface area contributed by atoms with Crippen molar-refractivity contribution in [3.63, 3.8) is 0 Å². The molecule has 6 nitrogen and oxygen atoms in total. The number of likely N-dealkylation sites (tertiary alicyclic amines) is 1. The highest BCUT2D eigenvalue weighted by Gasteiger charge is 2.21. The van der Waals surface area contributed by atoms with Crippen molar-refractivity contribution in [3.05, 3.63) is 114 Å². The highest BCUT2D eigenvalue weighted by molar-refractivity contribution is 5.89. The van der Waals surface area contributed by atoms with Crippen LogP contribution in [0.25, 0.3) is 11.1 Å². The molecule has 1 fully saturated rings. The van der Waals surface area contributed by atoms with Gasteiger partial charge in [0.05, 0.1) is 0 Å². The van der Waals surface area contributed by atoms with Crippen LogP contribution in [0.1, 0.15) is 29.5 Å². The van der Waals surface area contributed by atoms with Gasteiger partial charge >= 0.3 is 6.03 Å². The van der Waals surface area contributed by atoms with Gasteiger partial charge in [-0.05, 0) is 85.1 Å². The number of hydrogen-bond donors (Lipinski definition) is 2. The minimum absolute atomic E-state index is 0.109. The lowest BCUT2D eigenvalue weighted by Gasteiger charge is -2.18. The maximum Gasteiger partial charge on any atom is 0.319 e. The molecule has 8 heteroatoms. The molecule has 0 saturated carbocycles. The summed E-state index contributed by atoms with van der Waals surface area (Å²) in [5, 5.41) is 5.57. The Hall–Kier alpha value is -4.30. The fourth-order valence-electron chi connectivity index (χ4n) is 4.68. The second-order valence-electron chi connectivity index (χ2n) is 9.51. The Morgan fingerprint density at radius 1 is 0.923 bits per heavy atom. The van der Waals surface area contributed by atoms with Gasteiger partial charge in [0, 0.05) is 42.3 Å². The topological polar surface area (TPSA) is 66.5 Å². The monoisotopic (exact) mass is 528 g/mol. The molecule has 39 heavy (non-hydrogen) atoms. The van der Waals surface area contributed by atoms with E-state index in [4.69, 9.17) is 4.74 Å². The zero-order chi connectivity index (χ0) is 27.0. The lowest BCUT2D eigenvalue weighted by atomic mass is 9.97. The predicted molar refractivity (Wildman–Crippen MR) is 147 cm³/mol. The van der Waals surface area contributed by atoms with Gasteiger partial charge in [-0.3, -0.25) is 9.88 Å². The first-order valence-corrected chi connectivity index (χ1v) is 13.0. The molecule has 0 bridgehead atoms. The quantitative estimate of drug-likeness (QED) is 0.260. The van der Waals surface area contributed by atoms with E-state index in [0.717, 1.165) is 37.1 Å². The third kappa shape index (κ3) is 6.78. The molecule has 1 aromatic heterocycles. The molecule has 0 radical (unpaired) electrons. The van der Waals surface area contributed by atoms with Gasteiger partial charge in [0.2, 0.25) is 0 Å². The average Bonchev–Trinajstić information content (AvgIpc) is 3.48. The van der Waals surface area contributed by atoms with Crippen LogP contribution in [-0.4, -0.2) is 29.0 Å². The number of nitrogens with one attached hydrogen (secondary N) is 2. The van der Waals surface area contributed by atoms with Crippen LogP contribution in [-0.2, 0) is 19.7 Å². The Labute approximate surface area is 226 Å². The molecule has 1 aliphatic rings. The first kappa shape index (κ1) is 26.3. The number of ether oxygens (including phenoxy) is 1. The first-order chi connectivity index (χ1) is 19.1. The van der Waals surface area contributed by atoms with Crippen molar-refractivity contribution in [2.24, 2.45) is 0 Å². The number of anilines is 1. The SMILES string of the molecule is O=C(NCc1cccnc1)Nc1ccc(OCc2ccccc2-c2ccc(F)c(CN3CCCC3)c2F)cc1. The van der Waals surface area contributed by atoms with E-state index in [9.17, 15) is 9.18 Å². The first-order valence-electron chi connectivity index (χ1n) is 13.0. The molecule has 0 aliphatic carbocycles. The number of hydrogen-bond acceptors (Lipinski definition) is 4. The Morgan fingerprint density at radius 2 is 1.72 bits per heavy atom. The van der Waals surface area contributed by atoms with Crippen LogP contribution in [0.4, 0.5) is 19.3 Å². The number of rotatable bonds is 9. The van der Waals surface area contributed by atoms with Gasteiger partial charge in [-0.2, -0.15) is 0 Å². The van der Waals surface area contributed by atoms with Crippen LogP contribution in [0.2, 0.25) is 0 Å². The molecule has 3 aromatic carbocycles. The Morgan fingerprint density at radius 3 is 2.49 bits per heavy atom. The zero-order valence-electron chi connectivity index (χ0n) is 21.5. The van der Waals surface area contributed by atoms with E-state index in [1.54, 1.807) is 36.7 Å². The number of aromatic nitrogens is 1. The third-order valence-corrected chi connectivity index (χ3v) is 6.76. The highest BCUT2D eigenvalue weighted by Crippen LogP contribution is 2.31. The minimum atomic E-state index is -0.522. The van der Waals surface area contributed by atoms with Crippen LogP contribution >= 0.6 is 0 Å². The van der Waals surface area contributed by atoms with E-state index < -0.39 is 11.6 Å². The number of carbonyl (C=O) groups excluding carboxylic acids is 1. The molecule has 4 aromatic rings. The Balaban J connectivity index is 1.22.